The normalized spacial score (nSPS) is 17.1. The first kappa shape index (κ1) is 10.1. The van der Waals surface area contributed by atoms with E-state index in [-0.39, 0.29) is 0 Å². The number of rotatable bonds is 1. The molecule has 1 N–H and O–H groups in total. The van der Waals surface area contributed by atoms with Crippen molar-refractivity contribution in [1.29, 1.82) is 0 Å². The highest BCUT2D eigenvalue weighted by Crippen LogP contribution is 2.24. The average Bonchev–Trinajstić information content (AvgIpc) is 2.23. The van der Waals surface area contributed by atoms with Crippen molar-refractivity contribution in [1.82, 2.24) is 15.3 Å². The molecule has 0 bridgehead atoms. The number of halogens is 2. The Labute approximate surface area is 95.8 Å². The van der Waals surface area contributed by atoms with Gasteiger partial charge in [-0.25, -0.2) is 4.98 Å². The zero-order chi connectivity index (χ0) is 9.97. The van der Waals surface area contributed by atoms with Gasteiger partial charge in [-0.15, -0.1) is 0 Å². The van der Waals surface area contributed by atoms with E-state index in [1.165, 1.54) is 0 Å². The Kier molecular flexibility index (Phi) is 3.20. The van der Waals surface area contributed by atoms with Gasteiger partial charge in [0.2, 0.25) is 5.28 Å². The van der Waals surface area contributed by atoms with Crippen LogP contribution in [0.3, 0.4) is 0 Å². The van der Waals surface area contributed by atoms with Crippen LogP contribution in [-0.2, 0) is 0 Å². The van der Waals surface area contributed by atoms with Crippen LogP contribution in [0.15, 0.2) is 10.7 Å². The lowest BCUT2D eigenvalue weighted by Gasteiger charge is -2.28. The summed E-state index contributed by atoms with van der Waals surface area (Å²) in [5.74, 6) is 0.881. The molecule has 0 amide bonds. The predicted octanol–water partition coefficient (Wildman–Crippen LogP) is 1.30. The molecule has 0 radical (unpaired) electrons. The number of hydrogen-bond acceptors (Lipinski definition) is 4. The number of piperazine rings is 1. The van der Waals surface area contributed by atoms with E-state index < -0.39 is 0 Å². The van der Waals surface area contributed by atoms with Gasteiger partial charge in [0.25, 0.3) is 0 Å². The Hall–Kier alpha value is -0.390. The van der Waals surface area contributed by atoms with Gasteiger partial charge in [-0.05, 0) is 27.5 Å². The van der Waals surface area contributed by atoms with Crippen LogP contribution in [0.25, 0.3) is 0 Å². The Morgan fingerprint density at radius 1 is 1.43 bits per heavy atom. The van der Waals surface area contributed by atoms with Gasteiger partial charge in [0.05, 0.1) is 4.47 Å². The van der Waals surface area contributed by atoms with Crippen LogP contribution < -0.4 is 10.2 Å². The van der Waals surface area contributed by atoms with Gasteiger partial charge in [-0.3, -0.25) is 0 Å². The molecule has 14 heavy (non-hydrogen) atoms. The summed E-state index contributed by atoms with van der Waals surface area (Å²) < 4.78 is 0.892. The second-order valence-corrected chi connectivity index (χ2v) is 4.24. The maximum atomic E-state index is 5.75. The van der Waals surface area contributed by atoms with E-state index in [1.54, 1.807) is 6.20 Å². The number of anilines is 1. The van der Waals surface area contributed by atoms with Gasteiger partial charge in [0.15, 0.2) is 0 Å². The van der Waals surface area contributed by atoms with Gasteiger partial charge in [0, 0.05) is 32.4 Å². The predicted molar refractivity (Wildman–Crippen MR) is 59.8 cm³/mol. The minimum Gasteiger partial charge on any atom is -0.353 e. The zero-order valence-corrected chi connectivity index (χ0v) is 9.85. The number of nitrogens with zero attached hydrogens (tertiary/aromatic N) is 3. The van der Waals surface area contributed by atoms with E-state index in [2.05, 4.69) is 36.1 Å². The van der Waals surface area contributed by atoms with E-state index in [9.17, 15) is 0 Å². The summed E-state index contributed by atoms with van der Waals surface area (Å²) in [6.45, 7) is 3.86. The zero-order valence-electron chi connectivity index (χ0n) is 7.50. The SMILES string of the molecule is Clc1ncc(Br)c(N2CCNCC2)n1. The van der Waals surface area contributed by atoms with Crippen LogP contribution in [0.5, 0.6) is 0 Å². The maximum absolute atomic E-state index is 5.75. The lowest BCUT2D eigenvalue weighted by Crippen LogP contribution is -2.44. The molecular formula is C8H10BrClN4. The van der Waals surface area contributed by atoms with E-state index in [0.717, 1.165) is 36.5 Å². The van der Waals surface area contributed by atoms with Crippen LogP contribution in [0.4, 0.5) is 5.82 Å². The highest BCUT2D eigenvalue weighted by Gasteiger charge is 2.15. The molecule has 0 saturated carbocycles. The molecule has 2 rings (SSSR count). The number of hydrogen-bond donors (Lipinski definition) is 1. The Bertz CT molecular complexity index is 327. The molecule has 6 heteroatoms. The summed E-state index contributed by atoms with van der Waals surface area (Å²) in [6, 6.07) is 0. The van der Waals surface area contributed by atoms with Crippen molar-refractivity contribution in [2.24, 2.45) is 0 Å². The van der Waals surface area contributed by atoms with Crippen molar-refractivity contribution >= 4 is 33.3 Å². The highest BCUT2D eigenvalue weighted by atomic mass is 79.9. The molecule has 1 fully saturated rings. The highest BCUT2D eigenvalue weighted by molar-refractivity contribution is 9.10. The minimum atomic E-state index is 0.293. The largest absolute Gasteiger partial charge is 0.353 e. The van der Waals surface area contributed by atoms with E-state index in [0.29, 0.717) is 5.28 Å². The molecule has 0 aromatic carbocycles. The first-order valence-corrected chi connectivity index (χ1v) is 5.58. The molecule has 0 spiro atoms. The van der Waals surface area contributed by atoms with Crippen LogP contribution in [-0.4, -0.2) is 36.1 Å². The molecule has 2 heterocycles. The second-order valence-electron chi connectivity index (χ2n) is 3.05. The fourth-order valence-corrected chi connectivity index (χ4v) is 2.01. The molecule has 1 aromatic heterocycles. The van der Waals surface area contributed by atoms with Crippen LogP contribution >= 0.6 is 27.5 Å². The van der Waals surface area contributed by atoms with Crippen molar-refractivity contribution in [2.75, 3.05) is 31.1 Å². The molecule has 0 aliphatic carbocycles. The summed E-state index contributed by atoms with van der Waals surface area (Å²) in [5, 5.41) is 3.58. The smallest absolute Gasteiger partial charge is 0.224 e. The molecule has 1 aliphatic rings. The summed E-state index contributed by atoms with van der Waals surface area (Å²) >= 11 is 9.17. The first-order chi connectivity index (χ1) is 6.77. The number of nitrogens with one attached hydrogen (secondary N) is 1. The molecule has 0 unspecified atom stereocenters. The van der Waals surface area contributed by atoms with Crippen LogP contribution in [0.2, 0.25) is 5.28 Å². The number of aromatic nitrogens is 2. The summed E-state index contributed by atoms with van der Waals surface area (Å²) in [5.41, 5.74) is 0. The summed E-state index contributed by atoms with van der Waals surface area (Å²) in [7, 11) is 0. The third-order valence-corrected chi connectivity index (χ3v) is 2.85. The third-order valence-electron chi connectivity index (χ3n) is 2.11. The molecule has 0 atom stereocenters. The van der Waals surface area contributed by atoms with Crippen molar-refractivity contribution in [3.8, 4) is 0 Å². The fraction of sp³-hybridized carbons (Fsp3) is 0.500. The van der Waals surface area contributed by atoms with Crippen LogP contribution in [0, 0.1) is 0 Å². The second kappa shape index (κ2) is 4.42. The molecule has 76 valence electrons. The van der Waals surface area contributed by atoms with Crippen molar-refractivity contribution in [3.63, 3.8) is 0 Å². The molecule has 1 aliphatic heterocycles. The van der Waals surface area contributed by atoms with Crippen molar-refractivity contribution in [2.45, 2.75) is 0 Å². The summed E-state index contributed by atoms with van der Waals surface area (Å²) in [4.78, 5) is 10.3. The fourth-order valence-electron chi connectivity index (χ4n) is 1.44. The van der Waals surface area contributed by atoms with E-state index in [4.69, 9.17) is 11.6 Å². The quantitative estimate of drug-likeness (QED) is 0.786. The third kappa shape index (κ3) is 2.16. The van der Waals surface area contributed by atoms with Gasteiger partial charge in [-0.2, -0.15) is 4.98 Å². The Morgan fingerprint density at radius 3 is 2.86 bits per heavy atom. The lowest BCUT2D eigenvalue weighted by molar-refractivity contribution is 0.584. The minimum absolute atomic E-state index is 0.293. The van der Waals surface area contributed by atoms with Gasteiger partial charge < -0.3 is 10.2 Å². The van der Waals surface area contributed by atoms with Gasteiger partial charge >= 0.3 is 0 Å². The van der Waals surface area contributed by atoms with E-state index in [1.807, 2.05) is 0 Å². The molecular weight excluding hydrogens is 267 g/mol. The molecule has 1 aromatic rings. The molecule has 1 saturated heterocycles. The van der Waals surface area contributed by atoms with Crippen molar-refractivity contribution < 1.29 is 0 Å². The van der Waals surface area contributed by atoms with E-state index >= 15 is 0 Å². The Balaban J connectivity index is 2.24. The average molecular weight is 278 g/mol. The first-order valence-electron chi connectivity index (χ1n) is 4.41. The van der Waals surface area contributed by atoms with Gasteiger partial charge in [-0.1, -0.05) is 0 Å². The lowest BCUT2D eigenvalue weighted by atomic mass is 10.3. The maximum Gasteiger partial charge on any atom is 0.224 e. The van der Waals surface area contributed by atoms with Crippen LogP contribution in [0.1, 0.15) is 0 Å². The molecule has 4 nitrogen and oxygen atoms in total. The van der Waals surface area contributed by atoms with Crippen molar-refractivity contribution in [3.05, 3.63) is 16.0 Å². The Morgan fingerprint density at radius 2 is 2.14 bits per heavy atom. The standard InChI is InChI=1S/C8H10BrClN4/c9-6-5-12-8(10)13-7(6)14-3-1-11-2-4-14/h5,11H,1-4H2. The topological polar surface area (TPSA) is 41.1 Å². The monoisotopic (exact) mass is 276 g/mol. The summed E-state index contributed by atoms with van der Waals surface area (Å²) in [6.07, 6.45) is 1.69. The van der Waals surface area contributed by atoms with Gasteiger partial charge in [0.1, 0.15) is 5.82 Å².